The van der Waals surface area contributed by atoms with Gasteiger partial charge in [-0.2, -0.15) is 0 Å². The summed E-state index contributed by atoms with van der Waals surface area (Å²) < 4.78 is 15.8. The lowest BCUT2D eigenvalue weighted by Crippen LogP contribution is -2.30. The first-order valence-corrected chi connectivity index (χ1v) is 9.61. The van der Waals surface area contributed by atoms with E-state index < -0.39 is 23.9 Å². The molecule has 1 aromatic carbocycles. The average Bonchev–Trinajstić information content (AvgIpc) is 2.95. The van der Waals surface area contributed by atoms with Crippen molar-refractivity contribution in [2.75, 3.05) is 12.4 Å². The van der Waals surface area contributed by atoms with Gasteiger partial charge in [0, 0.05) is 5.69 Å². The van der Waals surface area contributed by atoms with Crippen molar-refractivity contribution in [2.45, 2.75) is 53.8 Å². The number of ether oxygens (including phenoxy) is 3. The number of hydrogen-bond donors (Lipinski definition) is 2. The van der Waals surface area contributed by atoms with E-state index in [0.29, 0.717) is 22.7 Å². The summed E-state index contributed by atoms with van der Waals surface area (Å²) in [6, 6.07) is 5.36. The Morgan fingerprint density at radius 3 is 2.27 bits per heavy atom. The third-order valence-electron chi connectivity index (χ3n) is 4.45. The van der Waals surface area contributed by atoms with E-state index in [1.165, 1.54) is 14.0 Å². The number of nitrogens with one attached hydrogen (secondary N) is 2. The number of aromatic nitrogens is 1. The first-order valence-electron chi connectivity index (χ1n) is 9.61. The van der Waals surface area contributed by atoms with E-state index in [1.54, 1.807) is 39.8 Å². The lowest BCUT2D eigenvalue weighted by Gasteiger charge is -2.15. The molecule has 0 bridgehead atoms. The smallest absolute Gasteiger partial charge is 0.355 e. The second-order valence-corrected chi connectivity index (χ2v) is 7.32. The van der Waals surface area contributed by atoms with Gasteiger partial charge >= 0.3 is 11.9 Å². The maximum atomic E-state index is 12.6. The molecule has 0 saturated heterocycles. The normalized spacial score (nSPS) is 11.7. The predicted octanol–water partition coefficient (Wildman–Crippen LogP) is 3.70. The van der Waals surface area contributed by atoms with Gasteiger partial charge in [-0.15, -0.1) is 0 Å². The third-order valence-corrected chi connectivity index (χ3v) is 4.45. The Morgan fingerprint density at radius 1 is 1.00 bits per heavy atom. The second-order valence-electron chi connectivity index (χ2n) is 7.32. The molecule has 2 rings (SSSR count). The first kappa shape index (κ1) is 23.0. The van der Waals surface area contributed by atoms with E-state index in [-0.39, 0.29) is 17.4 Å². The van der Waals surface area contributed by atoms with Gasteiger partial charge in [0.2, 0.25) is 0 Å². The largest absolute Gasteiger partial charge is 0.495 e. The van der Waals surface area contributed by atoms with Crippen LogP contribution in [-0.4, -0.2) is 42.1 Å². The van der Waals surface area contributed by atoms with Gasteiger partial charge in [-0.05, 0) is 64.8 Å². The summed E-state index contributed by atoms with van der Waals surface area (Å²) in [6.45, 7) is 10.1. The number of benzene rings is 1. The molecule has 0 unspecified atom stereocenters. The van der Waals surface area contributed by atoms with E-state index in [4.69, 9.17) is 14.2 Å². The molecule has 0 radical (unpaired) electrons. The van der Waals surface area contributed by atoms with Crippen molar-refractivity contribution in [3.63, 3.8) is 0 Å². The van der Waals surface area contributed by atoms with Gasteiger partial charge in [0.1, 0.15) is 11.4 Å². The van der Waals surface area contributed by atoms with Crippen molar-refractivity contribution < 1.29 is 28.6 Å². The van der Waals surface area contributed by atoms with Crippen LogP contribution in [0.1, 0.15) is 58.4 Å². The molecule has 1 atom stereocenters. The molecule has 1 amide bonds. The van der Waals surface area contributed by atoms with E-state index in [1.807, 2.05) is 13.0 Å². The highest BCUT2D eigenvalue weighted by Gasteiger charge is 2.27. The zero-order chi connectivity index (χ0) is 22.6. The molecule has 1 heterocycles. The minimum Gasteiger partial charge on any atom is -0.495 e. The highest BCUT2D eigenvalue weighted by molar-refractivity contribution is 6.01. The number of rotatable bonds is 7. The molecule has 30 heavy (non-hydrogen) atoms. The van der Waals surface area contributed by atoms with Crippen LogP contribution in [0, 0.1) is 20.8 Å². The lowest BCUT2D eigenvalue weighted by atomic mass is 10.1. The quantitative estimate of drug-likeness (QED) is 0.667. The Morgan fingerprint density at radius 2 is 1.67 bits per heavy atom. The summed E-state index contributed by atoms with van der Waals surface area (Å²) in [5, 5.41) is 2.70. The number of methoxy groups -OCH3 is 1. The zero-order valence-corrected chi connectivity index (χ0v) is 18.3. The molecule has 0 fully saturated rings. The summed E-state index contributed by atoms with van der Waals surface area (Å²) in [7, 11) is 1.50. The molecular weight excluding hydrogens is 388 g/mol. The van der Waals surface area contributed by atoms with Crippen molar-refractivity contribution in [3.05, 3.63) is 46.3 Å². The fourth-order valence-corrected chi connectivity index (χ4v) is 2.96. The number of carbonyl (C=O) groups is 3. The Kier molecular flexibility index (Phi) is 7.26. The Balaban J connectivity index is 2.13. The van der Waals surface area contributed by atoms with Crippen LogP contribution in [0.3, 0.4) is 0 Å². The number of aryl methyl sites for hydroxylation is 2. The summed E-state index contributed by atoms with van der Waals surface area (Å²) >= 11 is 0. The van der Waals surface area contributed by atoms with Crippen LogP contribution in [0.15, 0.2) is 18.2 Å². The molecule has 0 spiro atoms. The molecule has 0 aliphatic heterocycles. The predicted molar refractivity (Wildman–Crippen MR) is 112 cm³/mol. The highest BCUT2D eigenvalue weighted by atomic mass is 16.6. The maximum Gasteiger partial charge on any atom is 0.355 e. The van der Waals surface area contributed by atoms with Crippen LogP contribution in [0.2, 0.25) is 0 Å². The monoisotopic (exact) mass is 416 g/mol. The Hall–Kier alpha value is -3.29. The SMILES string of the molecule is COc1ccc(C)cc1NC(=O)[C@@H](C)OC(=O)c1[nH]c(C)c(C(=O)OC(C)C)c1C. The summed E-state index contributed by atoms with van der Waals surface area (Å²) in [6.07, 6.45) is -1.36. The number of H-pyrrole nitrogens is 1. The van der Waals surface area contributed by atoms with E-state index >= 15 is 0 Å². The van der Waals surface area contributed by atoms with Crippen LogP contribution >= 0.6 is 0 Å². The number of carbonyl (C=O) groups excluding carboxylic acids is 3. The van der Waals surface area contributed by atoms with Crippen LogP contribution in [0.25, 0.3) is 0 Å². The van der Waals surface area contributed by atoms with Crippen molar-refractivity contribution >= 4 is 23.5 Å². The van der Waals surface area contributed by atoms with Crippen molar-refractivity contribution in [3.8, 4) is 5.75 Å². The summed E-state index contributed by atoms with van der Waals surface area (Å²) in [4.78, 5) is 40.3. The molecule has 2 aromatic rings. The number of anilines is 1. The van der Waals surface area contributed by atoms with Crippen LogP contribution in [-0.2, 0) is 14.3 Å². The van der Waals surface area contributed by atoms with E-state index in [9.17, 15) is 14.4 Å². The Bertz CT molecular complexity index is 961. The molecule has 8 heteroatoms. The Labute approximate surface area is 175 Å². The van der Waals surface area contributed by atoms with Gasteiger partial charge in [-0.25, -0.2) is 9.59 Å². The van der Waals surface area contributed by atoms with Crippen molar-refractivity contribution in [2.24, 2.45) is 0 Å². The minimum absolute atomic E-state index is 0.107. The molecule has 2 N–H and O–H groups in total. The van der Waals surface area contributed by atoms with E-state index in [2.05, 4.69) is 10.3 Å². The second kappa shape index (κ2) is 9.47. The fourth-order valence-electron chi connectivity index (χ4n) is 2.96. The van der Waals surface area contributed by atoms with Crippen LogP contribution in [0.5, 0.6) is 5.75 Å². The maximum absolute atomic E-state index is 12.6. The van der Waals surface area contributed by atoms with Gasteiger partial charge in [0.15, 0.2) is 6.10 Å². The minimum atomic E-state index is -1.07. The highest BCUT2D eigenvalue weighted by Crippen LogP contribution is 2.26. The standard InChI is InChI=1S/C22H28N2O6/c1-11(2)29-21(26)18-13(4)19(23-14(18)5)22(27)30-15(6)20(25)24-16-10-12(3)8-9-17(16)28-7/h8-11,15,23H,1-7H3,(H,24,25)/t15-/m1/s1. The summed E-state index contributed by atoms with van der Waals surface area (Å²) in [5.74, 6) is -1.27. The zero-order valence-electron chi connectivity index (χ0n) is 18.3. The number of amides is 1. The first-order chi connectivity index (χ1) is 14.0. The van der Waals surface area contributed by atoms with Gasteiger partial charge in [-0.1, -0.05) is 6.07 Å². The van der Waals surface area contributed by atoms with Gasteiger partial charge in [0.05, 0.1) is 24.5 Å². The molecule has 0 saturated carbocycles. The number of esters is 2. The molecule has 0 aliphatic rings. The molecular formula is C22H28N2O6. The molecule has 0 aliphatic carbocycles. The summed E-state index contributed by atoms with van der Waals surface area (Å²) in [5.41, 5.74) is 2.72. The van der Waals surface area contributed by atoms with Gasteiger partial charge in [0.25, 0.3) is 5.91 Å². The molecule has 162 valence electrons. The van der Waals surface area contributed by atoms with E-state index in [0.717, 1.165) is 5.56 Å². The van der Waals surface area contributed by atoms with Crippen LogP contribution < -0.4 is 10.1 Å². The van der Waals surface area contributed by atoms with Gasteiger partial charge < -0.3 is 24.5 Å². The van der Waals surface area contributed by atoms with Crippen molar-refractivity contribution in [1.82, 2.24) is 4.98 Å². The van der Waals surface area contributed by atoms with Crippen molar-refractivity contribution in [1.29, 1.82) is 0 Å². The molecule has 1 aromatic heterocycles. The number of hydrogen-bond acceptors (Lipinski definition) is 6. The average molecular weight is 416 g/mol. The lowest BCUT2D eigenvalue weighted by molar-refractivity contribution is -0.123. The topological polar surface area (TPSA) is 107 Å². The third kappa shape index (κ3) is 5.20. The fraction of sp³-hybridized carbons (Fsp3) is 0.409. The molecule has 8 nitrogen and oxygen atoms in total. The van der Waals surface area contributed by atoms with Crippen LogP contribution in [0.4, 0.5) is 5.69 Å². The number of aromatic amines is 1. The van der Waals surface area contributed by atoms with Gasteiger partial charge in [-0.3, -0.25) is 4.79 Å².